The molecule has 3 rings (SSSR count). The summed E-state index contributed by atoms with van der Waals surface area (Å²) in [6.45, 7) is 12.9. The molecule has 0 unspecified atom stereocenters. The van der Waals surface area contributed by atoms with Crippen LogP contribution < -0.4 is 9.80 Å². The number of rotatable bonds is 4. The van der Waals surface area contributed by atoms with Crippen LogP contribution in [0.2, 0.25) is 0 Å². The van der Waals surface area contributed by atoms with Gasteiger partial charge in [0.2, 0.25) is 0 Å². The van der Waals surface area contributed by atoms with Crippen LogP contribution in [0.5, 0.6) is 0 Å². The van der Waals surface area contributed by atoms with Crippen molar-refractivity contribution in [2.75, 3.05) is 29.9 Å². The molecule has 6 nitrogen and oxygen atoms in total. The smallest absolute Gasteiger partial charge is 0.151 e. The van der Waals surface area contributed by atoms with Crippen LogP contribution in [0.25, 0.3) is 0 Å². The molecule has 1 fully saturated rings. The van der Waals surface area contributed by atoms with E-state index in [1.807, 2.05) is 12.1 Å². The third kappa shape index (κ3) is 4.54. The number of hydrogen-bond acceptors (Lipinski definition) is 6. The molecule has 0 bridgehead atoms. The molecular weight excluding hydrogens is 336 g/mol. The van der Waals surface area contributed by atoms with Gasteiger partial charge >= 0.3 is 0 Å². The van der Waals surface area contributed by atoms with Crippen molar-refractivity contribution in [1.29, 1.82) is 0 Å². The number of hydrogen-bond donors (Lipinski definition) is 0. The Morgan fingerprint density at radius 2 is 2.00 bits per heavy atom. The van der Waals surface area contributed by atoms with Crippen LogP contribution in [0.3, 0.4) is 0 Å². The zero-order chi connectivity index (χ0) is 19.6. The van der Waals surface area contributed by atoms with Crippen LogP contribution >= 0.6 is 0 Å². The van der Waals surface area contributed by atoms with Gasteiger partial charge in [-0.1, -0.05) is 34.6 Å². The highest BCUT2D eigenvalue weighted by atomic mass is 15.3. The van der Waals surface area contributed by atoms with E-state index in [0.717, 1.165) is 49.1 Å². The van der Waals surface area contributed by atoms with E-state index in [0.29, 0.717) is 12.0 Å². The summed E-state index contributed by atoms with van der Waals surface area (Å²) in [5.74, 6) is 3.20. The first kappa shape index (κ1) is 19.5. The Balaban J connectivity index is 1.86. The van der Waals surface area contributed by atoms with E-state index in [-0.39, 0.29) is 5.41 Å². The maximum absolute atomic E-state index is 4.89. The van der Waals surface area contributed by atoms with Crippen molar-refractivity contribution >= 4 is 11.6 Å². The summed E-state index contributed by atoms with van der Waals surface area (Å²) in [6, 6.07) is 6.54. The molecule has 2 aromatic heterocycles. The largest absolute Gasteiger partial charge is 0.355 e. The van der Waals surface area contributed by atoms with Gasteiger partial charge in [-0.3, -0.25) is 0 Å². The molecule has 2 aromatic rings. The molecule has 3 heterocycles. The lowest BCUT2D eigenvalue weighted by Crippen LogP contribution is -2.47. The van der Waals surface area contributed by atoms with Crippen molar-refractivity contribution in [2.24, 2.45) is 0 Å². The van der Waals surface area contributed by atoms with Gasteiger partial charge in [0.1, 0.15) is 11.6 Å². The highest BCUT2D eigenvalue weighted by Crippen LogP contribution is 2.28. The number of nitrogens with zero attached hydrogens (tertiary/aromatic N) is 6. The monoisotopic (exact) mass is 368 g/mol. The Morgan fingerprint density at radius 3 is 2.63 bits per heavy atom. The number of anilines is 2. The summed E-state index contributed by atoms with van der Waals surface area (Å²) in [7, 11) is 2.16. The zero-order valence-corrected chi connectivity index (χ0v) is 17.5. The summed E-state index contributed by atoms with van der Waals surface area (Å²) in [5, 5.41) is 8.32. The molecule has 27 heavy (non-hydrogen) atoms. The molecule has 0 spiro atoms. The van der Waals surface area contributed by atoms with Crippen LogP contribution in [0.1, 0.15) is 64.9 Å². The SMILES string of the molecule is CC(C)c1nc(N(C)[C@H]2CCCN(c3cccnn3)C2)cc(C(C)(C)C)n1. The molecule has 6 heteroatoms. The molecule has 0 radical (unpaired) electrons. The van der Waals surface area contributed by atoms with Crippen LogP contribution in [0.15, 0.2) is 24.4 Å². The topological polar surface area (TPSA) is 58.0 Å². The van der Waals surface area contributed by atoms with Gasteiger partial charge in [0.25, 0.3) is 0 Å². The van der Waals surface area contributed by atoms with Gasteiger partial charge in [-0.2, -0.15) is 5.10 Å². The molecule has 1 atom stereocenters. The lowest BCUT2D eigenvalue weighted by molar-refractivity contribution is 0.480. The molecule has 1 aliphatic heterocycles. The van der Waals surface area contributed by atoms with E-state index in [1.54, 1.807) is 6.20 Å². The first-order valence-electron chi connectivity index (χ1n) is 9.90. The van der Waals surface area contributed by atoms with E-state index in [4.69, 9.17) is 9.97 Å². The average molecular weight is 369 g/mol. The van der Waals surface area contributed by atoms with Gasteiger partial charge in [0, 0.05) is 49.8 Å². The fourth-order valence-corrected chi connectivity index (χ4v) is 3.40. The minimum absolute atomic E-state index is 0.000395. The van der Waals surface area contributed by atoms with Crippen molar-refractivity contribution in [3.8, 4) is 0 Å². The number of aromatic nitrogens is 4. The van der Waals surface area contributed by atoms with E-state index in [9.17, 15) is 0 Å². The minimum Gasteiger partial charge on any atom is -0.355 e. The lowest BCUT2D eigenvalue weighted by Gasteiger charge is -2.39. The Morgan fingerprint density at radius 1 is 1.22 bits per heavy atom. The Bertz CT molecular complexity index is 753. The van der Waals surface area contributed by atoms with Crippen LogP contribution in [-0.4, -0.2) is 46.3 Å². The minimum atomic E-state index is 0.000395. The number of likely N-dealkylation sites (N-methyl/N-ethyl adjacent to an activating group) is 1. The second kappa shape index (κ2) is 7.79. The summed E-state index contributed by atoms with van der Waals surface area (Å²) in [5.41, 5.74) is 1.10. The van der Waals surface area contributed by atoms with Crippen molar-refractivity contribution < 1.29 is 0 Å². The van der Waals surface area contributed by atoms with Gasteiger partial charge in [-0.25, -0.2) is 9.97 Å². The molecule has 0 aliphatic carbocycles. The van der Waals surface area contributed by atoms with Crippen LogP contribution in [0, 0.1) is 0 Å². The number of piperidine rings is 1. The molecule has 0 N–H and O–H groups in total. The predicted octanol–water partition coefficient (Wildman–Crippen LogP) is 3.79. The maximum Gasteiger partial charge on any atom is 0.151 e. The van der Waals surface area contributed by atoms with Gasteiger partial charge < -0.3 is 9.80 Å². The first-order valence-corrected chi connectivity index (χ1v) is 9.90. The predicted molar refractivity (Wildman–Crippen MR) is 110 cm³/mol. The molecule has 1 saturated heterocycles. The summed E-state index contributed by atoms with van der Waals surface area (Å²) < 4.78 is 0. The average Bonchev–Trinajstić information content (AvgIpc) is 2.67. The van der Waals surface area contributed by atoms with E-state index in [2.05, 4.69) is 67.7 Å². The molecule has 0 aromatic carbocycles. The van der Waals surface area contributed by atoms with Crippen LogP contribution in [-0.2, 0) is 5.41 Å². The van der Waals surface area contributed by atoms with E-state index in [1.165, 1.54) is 0 Å². The highest BCUT2D eigenvalue weighted by Gasteiger charge is 2.27. The standard InChI is InChI=1S/C21H32N6/c1-15(2)20-23-17(21(3,4)5)13-19(24-20)26(6)16-9-8-12-27(14-16)18-10-7-11-22-25-18/h7,10-11,13,15-16H,8-9,12,14H2,1-6H3/t16-/m0/s1. The second-order valence-electron chi connectivity index (χ2n) is 8.81. The maximum atomic E-state index is 4.89. The lowest BCUT2D eigenvalue weighted by atomic mass is 9.91. The third-order valence-electron chi connectivity index (χ3n) is 5.20. The van der Waals surface area contributed by atoms with Crippen molar-refractivity contribution in [3.05, 3.63) is 35.9 Å². The molecule has 0 saturated carbocycles. The van der Waals surface area contributed by atoms with Gasteiger partial charge in [-0.05, 0) is 25.0 Å². The Labute approximate surface area is 163 Å². The molecule has 0 amide bonds. The summed E-state index contributed by atoms with van der Waals surface area (Å²) in [6.07, 6.45) is 4.01. The van der Waals surface area contributed by atoms with E-state index >= 15 is 0 Å². The van der Waals surface area contributed by atoms with Crippen LogP contribution in [0.4, 0.5) is 11.6 Å². The van der Waals surface area contributed by atoms with Gasteiger partial charge in [0.05, 0.1) is 5.69 Å². The first-order chi connectivity index (χ1) is 12.8. The summed E-state index contributed by atoms with van der Waals surface area (Å²) in [4.78, 5) is 14.4. The Kier molecular flexibility index (Phi) is 5.63. The Hall–Kier alpha value is -2.24. The van der Waals surface area contributed by atoms with Crippen molar-refractivity contribution in [1.82, 2.24) is 20.2 Å². The molecule has 1 aliphatic rings. The normalized spacial score (nSPS) is 18.0. The fraction of sp³-hybridized carbons (Fsp3) is 0.619. The zero-order valence-electron chi connectivity index (χ0n) is 17.5. The quantitative estimate of drug-likeness (QED) is 0.818. The van der Waals surface area contributed by atoms with Crippen molar-refractivity contribution in [3.63, 3.8) is 0 Å². The second-order valence-corrected chi connectivity index (χ2v) is 8.81. The third-order valence-corrected chi connectivity index (χ3v) is 5.20. The van der Waals surface area contributed by atoms with Crippen molar-refractivity contribution in [2.45, 2.75) is 64.8 Å². The highest BCUT2D eigenvalue weighted by molar-refractivity contribution is 5.44. The van der Waals surface area contributed by atoms with Gasteiger partial charge in [-0.15, -0.1) is 5.10 Å². The summed E-state index contributed by atoms with van der Waals surface area (Å²) >= 11 is 0. The molecular formula is C21H32N6. The molecule has 146 valence electrons. The fourth-order valence-electron chi connectivity index (χ4n) is 3.40. The van der Waals surface area contributed by atoms with E-state index < -0.39 is 0 Å². The van der Waals surface area contributed by atoms with Gasteiger partial charge in [0.15, 0.2) is 5.82 Å².